The highest BCUT2D eigenvalue weighted by molar-refractivity contribution is 9.10. The van der Waals surface area contributed by atoms with Crippen molar-refractivity contribution in [1.29, 1.82) is 0 Å². The molecule has 1 unspecified atom stereocenters. The standard InChI is InChI=1S/C12H12BrClFNO/c13-9-1-2-11(14)8(5-9)6-12(17)16-4-3-10(15)7-16/h1-2,5,10H,3-4,6-7H2. The van der Waals surface area contributed by atoms with Crippen molar-refractivity contribution >= 4 is 33.4 Å². The van der Waals surface area contributed by atoms with Gasteiger partial charge >= 0.3 is 0 Å². The number of likely N-dealkylation sites (tertiary alicyclic amines) is 1. The van der Waals surface area contributed by atoms with Crippen LogP contribution in [0.25, 0.3) is 0 Å². The second-order valence-corrected chi connectivity index (χ2v) is 5.46. The van der Waals surface area contributed by atoms with E-state index in [4.69, 9.17) is 11.6 Å². The summed E-state index contributed by atoms with van der Waals surface area (Å²) in [5.74, 6) is -0.0647. The fourth-order valence-corrected chi connectivity index (χ4v) is 2.49. The van der Waals surface area contributed by atoms with Crippen LogP contribution < -0.4 is 0 Å². The van der Waals surface area contributed by atoms with E-state index in [1.807, 2.05) is 12.1 Å². The Balaban J connectivity index is 2.05. The minimum atomic E-state index is -0.878. The average Bonchev–Trinajstić information content (AvgIpc) is 2.70. The van der Waals surface area contributed by atoms with Gasteiger partial charge in [0.05, 0.1) is 13.0 Å². The predicted octanol–water partition coefficient (Wildman–Crippen LogP) is 3.22. The van der Waals surface area contributed by atoms with Crippen LogP contribution in [0.4, 0.5) is 4.39 Å². The summed E-state index contributed by atoms with van der Waals surface area (Å²) in [4.78, 5) is 13.5. The average molecular weight is 321 g/mol. The van der Waals surface area contributed by atoms with Crippen LogP contribution in [0.2, 0.25) is 5.02 Å². The van der Waals surface area contributed by atoms with Gasteiger partial charge in [-0.15, -0.1) is 0 Å². The number of carbonyl (C=O) groups excluding carboxylic acids is 1. The first kappa shape index (κ1) is 12.8. The smallest absolute Gasteiger partial charge is 0.227 e. The lowest BCUT2D eigenvalue weighted by Gasteiger charge is -2.15. The SMILES string of the molecule is O=C(Cc1cc(Br)ccc1Cl)N1CCC(F)C1. The molecule has 2 rings (SSSR count). The zero-order valence-corrected chi connectivity index (χ0v) is 11.5. The van der Waals surface area contributed by atoms with Gasteiger partial charge in [-0.2, -0.15) is 0 Å². The summed E-state index contributed by atoms with van der Waals surface area (Å²) in [5.41, 5.74) is 0.772. The molecule has 17 heavy (non-hydrogen) atoms. The van der Waals surface area contributed by atoms with E-state index in [9.17, 15) is 9.18 Å². The van der Waals surface area contributed by atoms with E-state index >= 15 is 0 Å². The second-order valence-electron chi connectivity index (χ2n) is 4.14. The molecule has 2 nitrogen and oxygen atoms in total. The van der Waals surface area contributed by atoms with Gasteiger partial charge in [0.2, 0.25) is 5.91 Å². The number of hydrogen-bond acceptors (Lipinski definition) is 1. The fraction of sp³-hybridized carbons (Fsp3) is 0.417. The molecular weight excluding hydrogens is 308 g/mol. The highest BCUT2D eigenvalue weighted by Gasteiger charge is 2.25. The van der Waals surface area contributed by atoms with Gasteiger partial charge in [-0.25, -0.2) is 4.39 Å². The van der Waals surface area contributed by atoms with Crippen molar-refractivity contribution in [1.82, 2.24) is 4.90 Å². The van der Waals surface area contributed by atoms with E-state index in [0.29, 0.717) is 18.0 Å². The van der Waals surface area contributed by atoms with Gasteiger partial charge in [0.15, 0.2) is 0 Å². The second kappa shape index (κ2) is 5.36. The van der Waals surface area contributed by atoms with Crippen LogP contribution in [0, 0.1) is 0 Å². The molecule has 0 aromatic heterocycles. The van der Waals surface area contributed by atoms with E-state index in [0.717, 1.165) is 10.0 Å². The maximum Gasteiger partial charge on any atom is 0.227 e. The van der Waals surface area contributed by atoms with Crippen LogP contribution in [0.3, 0.4) is 0 Å². The summed E-state index contributed by atoms with van der Waals surface area (Å²) in [7, 11) is 0. The summed E-state index contributed by atoms with van der Waals surface area (Å²) in [6, 6.07) is 5.39. The van der Waals surface area contributed by atoms with Crippen LogP contribution in [0.1, 0.15) is 12.0 Å². The maximum absolute atomic E-state index is 13.0. The molecule has 0 aliphatic carbocycles. The Morgan fingerprint density at radius 2 is 2.35 bits per heavy atom. The van der Waals surface area contributed by atoms with Gasteiger partial charge in [-0.05, 0) is 30.2 Å². The first-order chi connectivity index (χ1) is 8.06. The lowest BCUT2D eigenvalue weighted by atomic mass is 10.1. The molecule has 0 spiro atoms. The van der Waals surface area contributed by atoms with Crippen LogP contribution in [-0.4, -0.2) is 30.1 Å². The fourth-order valence-electron chi connectivity index (χ4n) is 1.90. The Labute approximate surface area is 113 Å². The molecule has 0 saturated carbocycles. The zero-order valence-electron chi connectivity index (χ0n) is 9.13. The van der Waals surface area contributed by atoms with Crippen LogP contribution in [-0.2, 0) is 11.2 Å². The third-order valence-corrected chi connectivity index (χ3v) is 3.69. The van der Waals surface area contributed by atoms with Crippen LogP contribution in [0.15, 0.2) is 22.7 Å². The number of amides is 1. The lowest BCUT2D eigenvalue weighted by molar-refractivity contribution is -0.129. The summed E-state index contributed by atoms with van der Waals surface area (Å²) < 4.78 is 13.9. The van der Waals surface area contributed by atoms with E-state index in [-0.39, 0.29) is 18.9 Å². The van der Waals surface area contributed by atoms with Gasteiger partial charge in [-0.3, -0.25) is 4.79 Å². The lowest BCUT2D eigenvalue weighted by Crippen LogP contribution is -2.30. The largest absolute Gasteiger partial charge is 0.339 e. The van der Waals surface area contributed by atoms with E-state index in [1.54, 1.807) is 11.0 Å². The minimum Gasteiger partial charge on any atom is -0.339 e. The third-order valence-electron chi connectivity index (χ3n) is 2.83. The summed E-state index contributed by atoms with van der Waals surface area (Å²) in [6.07, 6.45) is -0.208. The van der Waals surface area contributed by atoms with Crippen molar-refractivity contribution in [3.05, 3.63) is 33.3 Å². The summed E-state index contributed by atoms with van der Waals surface area (Å²) >= 11 is 9.35. The molecule has 1 amide bonds. The predicted molar refractivity (Wildman–Crippen MR) is 68.9 cm³/mol. The zero-order chi connectivity index (χ0) is 12.4. The molecule has 1 saturated heterocycles. The molecule has 1 aromatic carbocycles. The minimum absolute atomic E-state index is 0.0647. The number of alkyl halides is 1. The quantitative estimate of drug-likeness (QED) is 0.819. The van der Waals surface area contributed by atoms with Gasteiger partial charge in [0.1, 0.15) is 6.17 Å². The summed E-state index contributed by atoms with van der Waals surface area (Å²) in [6.45, 7) is 0.718. The number of benzene rings is 1. The number of rotatable bonds is 2. The van der Waals surface area contributed by atoms with Crippen molar-refractivity contribution in [2.45, 2.75) is 19.0 Å². The summed E-state index contributed by atoms with van der Waals surface area (Å²) in [5, 5.41) is 0.567. The molecule has 0 N–H and O–H groups in total. The molecule has 5 heteroatoms. The van der Waals surface area contributed by atoms with Crippen molar-refractivity contribution in [2.75, 3.05) is 13.1 Å². The first-order valence-corrected chi connectivity index (χ1v) is 6.59. The van der Waals surface area contributed by atoms with Gasteiger partial charge in [0, 0.05) is 16.0 Å². The Morgan fingerprint density at radius 3 is 3.00 bits per heavy atom. The molecule has 1 aliphatic heterocycles. The normalized spacial score (nSPS) is 19.7. The number of carbonyl (C=O) groups is 1. The van der Waals surface area contributed by atoms with E-state index in [2.05, 4.69) is 15.9 Å². The Kier molecular flexibility index (Phi) is 4.05. The molecule has 1 fully saturated rings. The van der Waals surface area contributed by atoms with E-state index < -0.39 is 6.17 Å². The Bertz CT molecular complexity index is 441. The highest BCUT2D eigenvalue weighted by atomic mass is 79.9. The van der Waals surface area contributed by atoms with E-state index in [1.165, 1.54) is 0 Å². The first-order valence-electron chi connectivity index (χ1n) is 5.42. The van der Waals surface area contributed by atoms with Gasteiger partial charge < -0.3 is 4.90 Å². The maximum atomic E-state index is 13.0. The molecule has 0 bridgehead atoms. The number of nitrogens with zero attached hydrogens (tertiary/aromatic N) is 1. The van der Waals surface area contributed by atoms with Gasteiger partial charge in [0.25, 0.3) is 0 Å². The van der Waals surface area contributed by atoms with Crippen molar-refractivity contribution < 1.29 is 9.18 Å². The molecule has 1 atom stereocenters. The molecule has 0 radical (unpaired) electrons. The Morgan fingerprint density at radius 1 is 1.59 bits per heavy atom. The number of hydrogen-bond donors (Lipinski definition) is 0. The molecule has 1 aromatic rings. The molecule has 92 valence electrons. The van der Waals surface area contributed by atoms with Crippen molar-refractivity contribution in [3.8, 4) is 0 Å². The molecular formula is C12H12BrClFNO. The Hall–Kier alpha value is -0.610. The van der Waals surface area contributed by atoms with Gasteiger partial charge in [-0.1, -0.05) is 27.5 Å². The van der Waals surface area contributed by atoms with Crippen LogP contribution in [0.5, 0.6) is 0 Å². The highest BCUT2D eigenvalue weighted by Crippen LogP contribution is 2.23. The van der Waals surface area contributed by atoms with Crippen molar-refractivity contribution in [2.24, 2.45) is 0 Å². The monoisotopic (exact) mass is 319 g/mol. The number of halogens is 3. The van der Waals surface area contributed by atoms with Crippen LogP contribution >= 0.6 is 27.5 Å². The third kappa shape index (κ3) is 3.19. The topological polar surface area (TPSA) is 20.3 Å². The molecule has 1 aliphatic rings. The molecule has 1 heterocycles. The van der Waals surface area contributed by atoms with Crippen molar-refractivity contribution in [3.63, 3.8) is 0 Å².